The lowest BCUT2D eigenvalue weighted by Gasteiger charge is -2.43. The average Bonchev–Trinajstić information content (AvgIpc) is 2.40. The lowest BCUT2D eigenvalue weighted by molar-refractivity contribution is -0.136. The van der Waals surface area contributed by atoms with Crippen molar-refractivity contribution in [2.75, 3.05) is 18.1 Å². The van der Waals surface area contributed by atoms with E-state index in [0.717, 1.165) is 37.2 Å². The second-order valence-electron chi connectivity index (χ2n) is 5.32. The van der Waals surface area contributed by atoms with Crippen molar-refractivity contribution in [3.63, 3.8) is 0 Å². The summed E-state index contributed by atoms with van der Waals surface area (Å²) in [4.78, 5) is 11.2. The molecule has 0 amide bonds. The number of carboxylic acids is 1. The summed E-state index contributed by atoms with van der Waals surface area (Å²) in [5.41, 5.74) is -0.124. The molecule has 0 aromatic rings. The topological polar surface area (TPSA) is 63.6 Å². The summed E-state index contributed by atoms with van der Waals surface area (Å²) < 4.78 is 18.4. The average molecular weight is 306 g/mol. The number of aliphatic carboxylic acids is 1. The molecule has 3 unspecified atom stereocenters. The Morgan fingerprint density at radius 3 is 2.79 bits per heavy atom. The molecule has 2 aliphatic heterocycles. The second-order valence-corrected chi connectivity index (χ2v) is 8.44. The highest BCUT2D eigenvalue weighted by molar-refractivity contribution is 7.99. The first kappa shape index (κ1) is 15.3. The number of rotatable bonds is 4. The summed E-state index contributed by atoms with van der Waals surface area (Å²) in [7, 11) is -1.29. The third-order valence-electron chi connectivity index (χ3n) is 4.11. The molecule has 2 rings (SSSR count). The fourth-order valence-corrected chi connectivity index (χ4v) is 5.97. The molecule has 0 saturated carbocycles. The van der Waals surface area contributed by atoms with Gasteiger partial charge < -0.3 is 9.84 Å². The van der Waals surface area contributed by atoms with Crippen LogP contribution in [0, 0.1) is 0 Å². The third kappa shape index (κ3) is 3.52. The largest absolute Gasteiger partial charge is 0.480 e. The van der Waals surface area contributed by atoms with Gasteiger partial charge in [0.25, 0.3) is 0 Å². The van der Waals surface area contributed by atoms with Crippen molar-refractivity contribution < 1.29 is 18.8 Å². The van der Waals surface area contributed by atoms with Crippen LogP contribution in [0.3, 0.4) is 0 Å². The van der Waals surface area contributed by atoms with Crippen LogP contribution in [0.15, 0.2) is 0 Å². The zero-order valence-electron chi connectivity index (χ0n) is 11.3. The molecule has 0 aromatic carbocycles. The minimum Gasteiger partial charge on any atom is -0.480 e. The highest BCUT2D eigenvalue weighted by Gasteiger charge is 2.42. The van der Waals surface area contributed by atoms with Gasteiger partial charge in [0.2, 0.25) is 0 Å². The maximum Gasteiger partial charge on any atom is 0.319 e. The van der Waals surface area contributed by atoms with Crippen LogP contribution in [-0.2, 0) is 20.3 Å². The summed E-state index contributed by atoms with van der Waals surface area (Å²) >= 11 is 1.94. The predicted molar refractivity (Wildman–Crippen MR) is 78.1 cm³/mol. The van der Waals surface area contributed by atoms with Gasteiger partial charge in [-0.25, -0.2) is 0 Å². The molecule has 2 saturated heterocycles. The molecule has 1 spiro atoms. The SMILES string of the molecule is CCC(C(=O)O)S(=O)C1CCOC2(CCSCC2)C1. The van der Waals surface area contributed by atoms with Crippen LogP contribution in [0.1, 0.15) is 39.0 Å². The van der Waals surface area contributed by atoms with Crippen molar-refractivity contribution >= 4 is 28.5 Å². The van der Waals surface area contributed by atoms with Gasteiger partial charge in [0.1, 0.15) is 5.25 Å². The van der Waals surface area contributed by atoms with E-state index in [1.807, 2.05) is 11.8 Å². The Morgan fingerprint density at radius 1 is 1.53 bits per heavy atom. The Kier molecular flexibility index (Phi) is 5.31. The summed E-state index contributed by atoms with van der Waals surface area (Å²) in [6, 6.07) is 0. The van der Waals surface area contributed by atoms with Crippen LogP contribution in [0.4, 0.5) is 0 Å². The third-order valence-corrected chi connectivity index (χ3v) is 7.25. The van der Waals surface area contributed by atoms with E-state index in [1.54, 1.807) is 6.92 Å². The molecule has 2 fully saturated rings. The van der Waals surface area contributed by atoms with E-state index < -0.39 is 22.0 Å². The Hall–Kier alpha value is -0.0700. The number of hydrogen-bond donors (Lipinski definition) is 1. The van der Waals surface area contributed by atoms with Gasteiger partial charge in [0, 0.05) is 22.7 Å². The number of carbonyl (C=O) groups is 1. The van der Waals surface area contributed by atoms with E-state index in [2.05, 4.69) is 0 Å². The van der Waals surface area contributed by atoms with E-state index in [9.17, 15) is 9.00 Å². The van der Waals surface area contributed by atoms with Crippen molar-refractivity contribution in [3.8, 4) is 0 Å². The number of ether oxygens (including phenoxy) is 1. The number of hydrogen-bond acceptors (Lipinski definition) is 4. The molecule has 1 N–H and O–H groups in total. The maximum absolute atomic E-state index is 12.5. The first-order valence-corrected chi connectivity index (χ1v) is 9.35. The van der Waals surface area contributed by atoms with Crippen molar-refractivity contribution in [2.24, 2.45) is 0 Å². The normalized spacial score (nSPS) is 29.8. The van der Waals surface area contributed by atoms with Crippen LogP contribution in [-0.4, -0.2) is 49.5 Å². The molecule has 6 heteroatoms. The van der Waals surface area contributed by atoms with E-state index in [4.69, 9.17) is 9.84 Å². The van der Waals surface area contributed by atoms with Crippen LogP contribution in [0.2, 0.25) is 0 Å². The standard InChI is InChI=1S/C13H22O4S2/c1-2-11(12(14)15)19(16)10-3-6-17-13(9-10)4-7-18-8-5-13/h10-11H,2-9H2,1H3,(H,14,15). The lowest BCUT2D eigenvalue weighted by Crippen LogP contribution is -2.47. The van der Waals surface area contributed by atoms with Gasteiger partial charge in [-0.05, 0) is 43.6 Å². The molecule has 2 aliphatic rings. The molecular formula is C13H22O4S2. The Morgan fingerprint density at radius 2 is 2.21 bits per heavy atom. The van der Waals surface area contributed by atoms with Crippen molar-refractivity contribution in [1.29, 1.82) is 0 Å². The fourth-order valence-electron chi connectivity index (χ4n) is 2.94. The van der Waals surface area contributed by atoms with Crippen molar-refractivity contribution in [1.82, 2.24) is 0 Å². The quantitative estimate of drug-likeness (QED) is 0.861. The van der Waals surface area contributed by atoms with Crippen LogP contribution in [0.5, 0.6) is 0 Å². The highest BCUT2D eigenvalue weighted by atomic mass is 32.2. The van der Waals surface area contributed by atoms with Gasteiger partial charge in [0.05, 0.1) is 5.60 Å². The first-order valence-electron chi connectivity index (χ1n) is 6.92. The molecular weight excluding hydrogens is 284 g/mol. The summed E-state index contributed by atoms with van der Waals surface area (Å²) in [5, 5.41) is 8.41. The minimum absolute atomic E-state index is 0.0158. The fraction of sp³-hybridized carbons (Fsp3) is 0.923. The smallest absolute Gasteiger partial charge is 0.319 e. The zero-order valence-corrected chi connectivity index (χ0v) is 12.9. The zero-order chi connectivity index (χ0) is 13.9. The minimum atomic E-state index is -1.29. The summed E-state index contributed by atoms with van der Waals surface area (Å²) in [6.07, 6.45) is 3.95. The van der Waals surface area contributed by atoms with Gasteiger partial charge in [-0.15, -0.1) is 0 Å². The highest BCUT2D eigenvalue weighted by Crippen LogP contribution is 2.39. The van der Waals surface area contributed by atoms with Gasteiger partial charge in [0.15, 0.2) is 0 Å². The Labute approximate surface area is 121 Å². The Balaban J connectivity index is 2.04. The van der Waals surface area contributed by atoms with Crippen molar-refractivity contribution in [2.45, 2.75) is 55.1 Å². The molecule has 110 valence electrons. The predicted octanol–water partition coefficient (Wildman–Crippen LogP) is 2.04. The summed E-state index contributed by atoms with van der Waals surface area (Å²) in [6.45, 7) is 2.42. The van der Waals surface area contributed by atoms with Gasteiger partial charge >= 0.3 is 5.97 Å². The first-order chi connectivity index (χ1) is 9.08. The van der Waals surface area contributed by atoms with Crippen LogP contribution in [0.25, 0.3) is 0 Å². The lowest BCUT2D eigenvalue weighted by atomic mass is 9.88. The second kappa shape index (κ2) is 6.59. The van der Waals surface area contributed by atoms with Crippen molar-refractivity contribution in [3.05, 3.63) is 0 Å². The van der Waals surface area contributed by atoms with E-state index in [0.29, 0.717) is 13.0 Å². The molecule has 2 heterocycles. The van der Waals surface area contributed by atoms with E-state index in [-0.39, 0.29) is 10.9 Å². The van der Waals surface area contributed by atoms with Crippen LogP contribution < -0.4 is 0 Å². The molecule has 4 nitrogen and oxygen atoms in total. The van der Waals surface area contributed by atoms with Gasteiger partial charge in [-0.3, -0.25) is 9.00 Å². The number of thioether (sulfide) groups is 1. The van der Waals surface area contributed by atoms with Gasteiger partial charge in [-0.2, -0.15) is 11.8 Å². The summed E-state index contributed by atoms with van der Waals surface area (Å²) in [5.74, 6) is 1.26. The molecule has 0 bridgehead atoms. The number of carboxylic acid groups (broad SMARTS) is 1. The molecule has 3 atom stereocenters. The van der Waals surface area contributed by atoms with E-state index in [1.165, 1.54) is 0 Å². The monoisotopic (exact) mass is 306 g/mol. The van der Waals surface area contributed by atoms with E-state index >= 15 is 0 Å². The van der Waals surface area contributed by atoms with Crippen LogP contribution >= 0.6 is 11.8 Å². The Bertz CT molecular complexity index is 347. The molecule has 0 aromatic heterocycles. The molecule has 0 aliphatic carbocycles. The molecule has 19 heavy (non-hydrogen) atoms. The van der Waals surface area contributed by atoms with Gasteiger partial charge in [-0.1, -0.05) is 6.92 Å². The molecule has 0 radical (unpaired) electrons. The maximum atomic E-state index is 12.5.